The van der Waals surface area contributed by atoms with Crippen LogP contribution in [0.25, 0.3) is 0 Å². The second-order valence-electron chi connectivity index (χ2n) is 6.93. The maximum Gasteiger partial charge on any atom is 0.178 e. The summed E-state index contributed by atoms with van der Waals surface area (Å²) in [4.78, 5) is 14.8. The van der Waals surface area contributed by atoms with Gasteiger partial charge in [0.1, 0.15) is 5.82 Å². The van der Waals surface area contributed by atoms with Gasteiger partial charge < -0.3 is 9.67 Å². The molecule has 1 saturated heterocycles. The summed E-state index contributed by atoms with van der Waals surface area (Å²) in [6.45, 7) is 6.51. The Balaban J connectivity index is 1.72. The predicted molar refractivity (Wildman–Crippen MR) is 95.4 cm³/mol. The van der Waals surface area contributed by atoms with Crippen LogP contribution in [0.5, 0.6) is 0 Å². The predicted octanol–water partition coefficient (Wildman–Crippen LogP) is 2.93. The maximum atomic E-state index is 13.1. The van der Waals surface area contributed by atoms with Crippen LogP contribution in [0.2, 0.25) is 0 Å². The molecule has 0 atom stereocenters. The Morgan fingerprint density at radius 3 is 2.48 bits per heavy atom. The molecular formula is C20H25FN2O2. The van der Waals surface area contributed by atoms with Crippen molar-refractivity contribution in [2.75, 3.05) is 19.6 Å². The highest BCUT2D eigenvalue weighted by Gasteiger charge is 2.22. The third-order valence-corrected chi connectivity index (χ3v) is 5.05. The lowest BCUT2D eigenvalue weighted by atomic mass is 10.1. The van der Waals surface area contributed by atoms with Crippen molar-refractivity contribution in [1.82, 2.24) is 9.47 Å². The number of benzene rings is 1. The lowest BCUT2D eigenvalue weighted by molar-refractivity contribution is 0.0710. The minimum absolute atomic E-state index is 0.120. The van der Waals surface area contributed by atoms with Crippen molar-refractivity contribution in [3.63, 3.8) is 0 Å². The Hall–Kier alpha value is -1.98. The van der Waals surface area contributed by atoms with Crippen molar-refractivity contribution < 1.29 is 14.3 Å². The molecule has 0 amide bonds. The Kier molecular flexibility index (Phi) is 5.35. The van der Waals surface area contributed by atoms with E-state index < -0.39 is 0 Å². The van der Waals surface area contributed by atoms with Gasteiger partial charge in [-0.1, -0.05) is 12.1 Å². The molecule has 1 aliphatic heterocycles. The van der Waals surface area contributed by atoms with E-state index in [1.54, 1.807) is 12.1 Å². The number of aromatic nitrogens is 1. The first-order valence-electron chi connectivity index (χ1n) is 8.79. The normalized spacial score (nSPS) is 16.3. The van der Waals surface area contributed by atoms with Crippen molar-refractivity contribution in [2.24, 2.45) is 0 Å². The van der Waals surface area contributed by atoms with Crippen molar-refractivity contribution in [1.29, 1.82) is 0 Å². The molecule has 134 valence electrons. The van der Waals surface area contributed by atoms with E-state index in [9.17, 15) is 14.3 Å². The Morgan fingerprint density at radius 2 is 1.84 bits per heavy atom. The molecule has 1 N–H and O–H groups in total. The van der Waals surface area contributed by atoms with Crippen LogP contribution in [-0.4, -0.2) is 46.1 Å². The molecule has 0 radical (unpaired) electrons. The Morgan fingerprint density at radius 1 is 1.20 bits per heavy atom. The summed E-state index contributed by atoms with van der Waals surface area (Å²) in [6.07, 6.45) is 1.24. The Bertz CT molecular complexity index is 744. The van der Waals surface area contributed by atoms with Gasteiger partial charge in [-0.05, 0) is 50.5 Å². The molecule has 25 heavy (non-hydrogen) atoms. The smallest absolute Gasteiger partial charge is 0.178 e. The minimum Gasteiger partial charge on any atom is -0.393 e. The fourth-order valence-corrected chi connectivity index (χ4v) is 3.46. The van der Waals surface area contributed by atoms with Crippen LogP contribution < -0.4 is 0 Å². The van der Waals surface area contributed by atoms with Crippen LogP contribution >= 0.6 is 0 Å². The van der Waals surface area contributed by atoms with Gasteiger partial charge in [0, 0.05) is 36.6 Å². The molecule has 3 rings (SSSR count). The van der Waals surface area contributed by atoms with Crippen LogP contribution in [-0.2, 0) is 6.54 Å². The third-order valence-electron chi connectivity index (χ3n) is 5.05. The summed E-state index contributed by atoms with van der Waals surface area (Å²) >= 11 is 0. The summed E-state index contributed by atoms with van der Waals surface area (Å²) in [5.74, 6) is -0.123. The average Bonchev–Trinajstić information content (AvgIpc) is 2.87. The molecule has 5 heteroatoms. The summed E-state index contributed by atoms with van der Waals surface area (Å²) in [6, 6.07) is 8.41. The number of ketones is 1. The minimum atomic E-state index is -0.243. The first-order valence-corrected chi connectivity index (χ1v) is 8.79. The maximum absolute atomic E-state index is 13.1. The number of aryl methyl sites for hydroxylation is 1. The van der Waals surface area contributed by atoms with E-state index >= 15 is 0 Å². The number of rotatable bonds is 5. The Labute approximate surface area is 147 Å². The third kappa shape index (κ3) is 4.17. The van der Waals surface area contributed by atoms with E-state index in [-0.39, 0.29) is 17.7 Å². The molecule has 1 aromatic carbocycles. The molecule has 0 spiro atoms. The van der Waals surface area contributed by atoms with E-state index in [4.69, 9.17) is 0 Å². The van der Waals surface area contributed by atoms with Crippen LogP contribution in [0, 0.1) is 19.7 Å². The number of hydrogen-bond acceptors (Lipinski definition) is 3. The van der Waals surface area contributed by atoms with Crippen molar-refractivity contribution in [3.8, 4) is 0 Å². The van der Waals surface area contributed by atoms with E-state index in [0.717, 1.165) is 48.4 Å². The summed E-state index contributed by atoms with van der Waals surface area (Å²) in [5.41, 5.74) is 3.74. The van der Waals surface area contributed by atoms with Gasteiger partial charge in [0.2, 0.25) is 0 Å². The van der Waals surface area contributed by atoms with Gasteiger partial charge in [-0.2, -0.15) is 0 Å². The zero-order valence-electron chi connectivity index (χ0n) is 14.8. The monoisotopic (exact) mass is 344 g/mol. The van der Waals surface area contributed by atoms with E-state index in [2.05, 4.69) is 9.47 Å². The lowest BCUT2D eigenvalue weighted by Gasteiger charge is -2.28. The van der Waals surface area contributed by atoms with Crippen molar-refractivity contribution >= 4 is 5.78 Å². The van der Waals surface area contributed by atoms with E-state index in [1.165, 1.54) is 12.1 Å². The summed E-state index contributed by atoms with van der Waals surface area (Å²) in [7, 11) is 0. The fraction of sp³-hybridized carbons (Fsp3) is 0.450. The number of piperidine rings is 1. The molecule has 0 aliphatic carbocycles. The second-order valence-corrected chi connectivity index (χ2v) is 6.93. The van der Waals surface area contributed by atoms with Crippen LogP contribution in [0.15, 0.2) is 30.3 Å². The van der Waals surface area contributed by atoms with Gasteiger partial charge in [-0.25, -0.2) is 4.39 Å². The number of halogens is 1. The largest absolute Gasteiger partial charge is 0.393 e. The molecular weight excluding hydrogens is 319 g/mol. The van der Waals surface area contributed by atoms with E-state index in [0.29, 0.717) is 13.1 Å². The van der Waals surface area contributed by atoms with Crippen LogP contribution in [0.3, 0.4) is 0 Å². The molecule has 1 aromatic heterocycles. The highest BCUT2D eigenvalue weighted by atomic mass is 19.1. The van der Waals surface area contributed by atoms with Gasteiger partial charge in [0.05, 0.1) is 12.6 Å². The molecule has 0 saturated carbocycles. The molecule has 0 unspecified atom stereocenters. The number of aliphatic hydroxyl groups is 1. The number of likely N-dealkylation sites (tertiary alicyclic amines) is 1. The molecule has 0 bridgehead atoms. The molecule has 4 nitrogen and oxygen atoms in total. The quantitative estimate of drug-likeness (QED) is 0.849. The standard InChI is InChI=1S/C20H25FN2O2/c1-14-11-19(20(25)13-22-9-7-18(24)8-10-22)15(2)23(14)12-16-3-5-17(21)6-4-16/h3-6,11,18,24H,7-10,12-13H2,1-2H3. The average molecular weight is 344 g/mol. The molecule has 2 aromatic rings. The molecule has 1 fully saturated rings. The van der Waals surface area contributed by atoms with Gasteiger partial charge in [0.15, 0.2) is 5.78 Å². The van der Waals surface area contributed by atoms with Crippen molar-refractivity contribution in [3.05, 3.63) is 58.7 Å². The van der Waals surface area contributed by atoms with Crippen molar-refractivity contribution in [2.45, 2.75) is 39.3 Å². The SMILES string of the molecule is Cc1cc(C(=O)CN2CCC(O)CC2)c(C)n1Cc1ccc(F)cc1. The molecule has 2 heterocycles. The summed E-state index contributed by atoms with van der Waals surface area (Å²) in [5, 5.41) is 9.58. The van der Waals surface area contributed by atoms with Gasteiger partial charge >= 0.3 is 0 Å². The van der Waals surface area contributed by atoms with E-state index in [1.807, 2.05) is 19.9 Å². The van der Waals surface area contributed by atoms with Gasteiger partial charge in [-0.15, -0.1) is 0 Å². The second kappa shape index (κ2) is 7.50. The lowest BCUT2D eigenvalue weighted by Crippen LogP contribution is -2.39. The molecule has 1 aliphatic rings. The van der Waals surface area contributed by atoms with Gasteiger partial charge in [0.25, 0.3) is 0 Å². The number of carbonyl (C=O) groups is 1. The fourth-order valence-electron chi connectivity index (χ4n) is 3.46. The van der Waals surface area contributed by atoms with Crippen LogP contribution in [0.4, 0.5) is 4.39 Å². The number of aliphatic hydroxyl groups excluding tert-OH is 1. The first-order chi connectivity index (χ1) is 11.9. The number of Topliss-reactive ketones (excluding diaryl/α,β-unsaturated/α-hetero) is 1. The highest BCUT2D eigenvalue weighted by Crippen LogP contribution is 2.19. The number of carbonyl (C=O) groups excluding carboxylic acids is 1. The summed E-state index contributed by atoms with van der Waals surface area (Å²) < 4.78 is 15.2. The number of nitrogens with zero attached hydrogens (tertiary/aromatic N) is 2. The topological polar surface area (TPSA) is 45.5 Å². The number of hydrogen-bond donors (Lipinski definition) is 1. The van der Waals surface area contributed by atoms with Crippen LogP contribution in [0.1, 0.15) is 40.2 Å². The van der Waals surface area contributed by atoms with Gasteiger partial charge in [-0.3, -0.25) is 9.69 Å². The zero-order valence-corrected chi connectivity index (χ0v) is 14.8. The highest BCUT2D eigenvalue weighted by molar-refractivity contribution is 5.99. The zero-order chi connectivity index (χ0) is 18.0. The first kappa shape index (κ1) is 17.8.